The van der Waals surface area contributed by atoms with Crippen LogP contribution in [0.25, 0.3) is 0 Å². The van der Waals surface area contributed by atoms with E-state index in [2.05, 4.69) is 9.47 Å². The molecular weight excluding hydrogens is 1470 g/mol. The molecule has 0 saturated carbocycles. The molecule has 0 aliphatic rings. The fourth-order valence-electron chi connectivity index (χ4n) is 6.36. The molecule has 2 atom stereocenters. The Morgan fingerprint density at radius 2 is 0.380 bits per heavy atom. The molecule has 1 rings (SSSR count). The molecule has 2 unspecified atom stereocenters. The first-order valence-electron chi connectivity index (χ1n) is 21.2. The first-order valence-corrected chi connectivity index (χ1v) is 21.2. The van der Waals surface area contributed by atoms with Crippen molar-refractivity contribution in [1.82, 2.24) is 0 Å². The summed E-state index contributed by atoms with van der Waals surface area (Å²) in [5, 5.41) is 0. The molecule has 0 amide bonds. The van der Waals surface area contributed by atoms with Gasteiger partial charge in [0.1, 0.15) is 12.2 Å². The lowest BCUT2D eigenvalue weighted by molar-refractivity contribution is -0.482. The summed E-state index contributed by atoms with van der Waals surface area (Å²) in [4.78, 5) is 25.3. The molecular formula is C38H16F50O4. The Labute approximate surface area is 468 Å². The minimum Gasteiger partial charge on any atom is -0.459 e. The van der Waals surface area contributed by atoms with Crippen molar-refractivity contribution in [3.63, 3.8) is 0 Å². The van der Waals surface area contributed by atoms with Crippen LogP contribution in [0.3, 0.4) is 0 Å². The number of benzene rings is 1. The third-order valence-electron chi connectivity index (χ3n) is 11.8. The predicted molar refractivity (Wildman–Crippen MR) is 186 cm³/mol. The molecule has 0 bridgehead atoms. The second-order valence-corrected chi connectivity index (χ2v) is 18.3. The Morgan fingerprint density at radius 3 is 0.522 bits per heavy atom. The highest BCUT2D eigenvalue weighted by atomic mass is 19.5. The van der Waals surface area contributed by atoms with Crippen LogP contribution in [-0.2, 0) is 9.47 Å². The molecule has 92 heavy (non-hydrogen) atoms. The van der Waals surface area contributed by atoms with Gasteiger partial charge in [-0.25, -0.2) is 9.59 Å². The van der Waals surface area contributed by atoms with Crippen LogP contribution in [0.5, 0.6) is 0 Å². The van der Waals surface area contributed by atoms with E-state index in [1.807, 2.05) is 0 Å². The number of hydrogen-bond acceptors (Lipinski definition) is 4. The topological polar surface area (TPSA) is 52.6 Å². The lowest BCUT2D eigenvalue weighted by Crippen LogP contribution is -2.78. The zero-order valence-corrected chi connectivity index (χ0v) is 41.4. The van der Waals surface area contributed by atoms with E-state index < -0.39 is 205 Å². The fraction of sp³-hybridized carbons (Fsp3) is 0.789. The van der Waals surface area contributed by atoms with Crippen molar-refractivity contribution in [2.75, 3.05) is 0 Å². The van der Waals surface area contributed by atoms with Crippen molar-refractivity contribution in [2.24, 2.45) is 0 Å². The number of halogens is 50. The van der Waals surface area contributed by atoms with E-state index in [0.29, 0.717) is 0 Å². The Kier molecular flexibility index (Phi) is 20.8. The number of rotatable bonds is 28. The van der Waals surface area contributed by atoms with Crippen LogP contribution in [0, 0.1) is 0 Å². The highest BCUT2D eigenvalue weighted by molar-refractivity contribution is 6.03. The van der Waals surface area contributed by atoms with Gasteiger partial charge in [-0.3, -0.25) is 0 Å². The summed E-state index contributed by atoms with van der Waals surface area (Å²) in [6, 6.07) is 0.271. The molecule has 1 aromatic rings. The van der Waals surface area contributed by atoms with Gasteiger partial charge in [-0.05, 0) is 26.0 Å². The van der Waals surface area contributed by atoms with Gasteiger partial charge in [-0.2, -0.15) is 220 Å². The van der Waals surface area contributed by atoms with Crippen molar-refractivity contribution in [3.05, 3.63) is 35.4 Å². The van der Waals surface area contributed by atoms with Crippen LogP contribution in [0.2, 0.25) is 0 Å². The SMILES string of the molecule is CC(CC(F)(F)C(F)(F)C(F)(F)C(F)(F)C(F)(F)C(F)(F)C(F)(F)C(F)(F)C(F)(F)C(F)(F)C(F)(F)C(F)(F)F)OC(=O)c1ccccc1C(=O)OC(C)CC(F)(F)C(F)(F)C(F)(F)C(F)(F)C(F)(F)C(F)(F)C(F)(F)C(F)(F)C(F)(F)C(F)(F)C(F)(F)C(F)(F)F. The Balaban J connectivity index is 3.70. The number of carbonyl (C=O) groups excluding carboxylic acids is 2. The molecule has 1 aromatic carbocycles. The average Bonchev–Trinajstić information content (AvgIpc) is 0.691. The van der Waals surface area contributed by atoms with E-state index in [4.69, 9.17) is 0 Å². The second kappa shape index (κ2) is 22.6. The van der Waals surface area contributed by atoms with E-state index in [-0.39, 0.29) is 24.3 Å². The summed E-state index contributed by atoms with van der Waals surface area (Å²) in [5.74, 6) is -213. The molecule has 54 heteroatoms. The lowest BCUT2D eigenvalue weighted by Gasteiger charge is -2.45. The standard InChI is InChI=1S/C38H16F50O4/c1-9(7-15(39,40)17(43,44)19(47,48)21(51,52)23(55,56)25(59,60)27(63,64)29(67,68)31(71,72)33(75,76)35(79,80)37(83,84)85)91-13(89)11-5-3-4-6-12(11)14(90)92-10(2)8-16(41,42)18(45,46)20(49,50)22(53,54)24(57,58)26(61,62)28(65,66)30(69,70)32(73,74)34(77,78)36(81,82)38(86,87)88/h3-6,9-10H,7-8H2,1-2H3. The quantitative estimate of drug-likeness (QED) is 0.0620. The number of esters is 2. The summed E-state index contributed by atoms with van der Waals surface area (Å²) < 4.78 is 699. The zero-order chi connectivity index (χ0) is 75.1. The minimum atomic E-state index is -10.00. The summed E-state index contributed by atoms with van der Waals surface area (Å²) in [6.07, 6.45) is -31.9. The molecule has 0 aliphatic carbocycles. The van der Waals surface area contributed by atoms with Gasteiger partial charge >= 0.3 is 155 Å². The smallest absolute Gasteiger partial charge is 0.459 e. The van der Waals surface area contributed by atoms with Crippen molar-refractivity contribution in [1.29, 1.82) is 0 Å². The highest BCUT2D eigenvalue weighted by Gasteiger charge is 3.02. The maximum absolute atomic E-state index is 14.7. The van der Waals surface area contributed by atoms with Gasteiger partial charge in [-0.1, -0.05) is 12.1 Å². The molecule has 0 aromatic heterocycles. The van der Waals surface area contributed by atoms with Crippen LogP contribution >= 0.6 is 0 Å². The highest BCUT2D eigenvalue weighted by Crippen LogP contribution is 2.71. The Morgan fingerprint density at radius 1 is 0.250 bits per heavy atom. The molecule has 542 valence electrons. The van der Waals surface area contributed by atoms with Gasteiger partial charge in [-0.15, -0.1) is 0 Å². The van der Waals surface area contributed by atoms with E-state index in [9.17, 15) is 229 Å². The Bertz CT molecular complexity index is 2630. The maximum Gasteiger partial charge on any atom is 0.460 e. The Hall–Kier alpha value is -5.34. The molecule has 0 spiro atoms. The van der Waals surface area contributed by atoms with Crippen LogP contribution in [-0.4, -0.2) is 167 Å². The summed E-state index contributed by atoms with van der Waals surface area (Å²) >= 11 is 0. The fourth-order valence-corrected chi connectivity index (χ4v) is 6.36. The number of hydrogen-bond donors (Lipinski definition) is 0. The molecule has 0 saturated heterocycles. The number of alkyl halides is 50. The minimum absolute atomic E-state index is 0.122. The van der Waals surface area contributed by atoms with Crippen molar-refractivity contribution in [3.8, 4) is 0 Å². The third-order valence-corrected chi connectivity index (χ3v) is 11.8. The predicted octanol–water partition coefficient (Wildman–Crippen LogP) is 18.7. The van der Waals surface area contributed by atoms with Crippen LogP contribution in [0.1, 0.15) is 47.4 Å². The lowest BCUT2D eigenvalue weighted by atomic mass is 9.84. The maximum atomic E-state index is 14.7. The molecule has 0 radical (unpaired) electrons. The van der Waals surface area contributed by atoms with Crippen molar-refractivity contribution in [2.45, 2.75) is 182 Å². The van der Waals surface area contributed by atoms with Gasteiger partial charge in [0.05, 0.1) is 24.0 Å². The van der Waals surface area contributed by atoms with E-state index in [1.54, 1.807) is 0 Å². The second-order valence-electron chi connectivity index (χ2n) is 18.3. The van der Waals surface area contributed by atoms with Crippen LogP contribution in [0.4, 0.5) is 220 Å². The third kappa shape index (κ3) is 11.2. The van der Waals surface area contributed by atoms with Gasteiger partial charge in [0.25, 0.3) is 0 Å². The average molecular weight is 1490 g/mol. The summed E-state index contributed by atoms with van der Waals surface area (Å²) in [7, 11) is 0. The molecule has 0 aliphatic heterocycles. The normalized spacial score (nSPS) is 17.0. The van der Waals surface area contributed by atoms with Crippen molar-refractivity contribution < 1.29 is 239 Å². The first kappa shape index (κ1) is 84.7. The molecule has 4 nitrogen and oxygen atoms in total. The van der Waals surface area contributed by atoms with Crippen LogP contribution < -0.4 is 0 Å². The molecule has 0 N–H and O–H groups in total. The number of ether oxygens (including phenoxy) is 2. The first-order chi connectivity index (χ1) is 39.3. The number of carbonyl (C=O) groups is 2. The van der Waals surface area contributed by atoms with E-state index in [1.165, 1.54) is 0 Å². The van der Waals surface area contributed by atoms with Gasteiger partial charge < -0.3 is 9.47 Å². The van der Waals surface area contributed by atoms with E-state index >= 15 is 0 Å². The molecule has 0 heterocycles. The van der Waals surface area contributed by atoms with E-state index in [0.717, 1.165) is 0 Å². The summed E-state index contributed by atoms with van der Waals surface area (Å²) in [6.45, 7) is -0.952. The largest absolute Gasteiger partial charge is 0.460 e. The monoisotopic (exact) mass is 1490 g/mol. The van der Waals surface area contributed by atoms with Gasteiger partial charge in [0, 0.05) is 0 Å². The zero-order valence-electron chi connectivity index (χ0n) is 41.4. The molecule has 0 fully saturated rings. The van der Waals surface area contributed by atoms with Crippen molar-refractivity contribution >= 4 is 11.9 Å². The van der Waals surface area contributed by atoms with Crippen LogP contribution in [0.15, 0.2) is 24.3 Å². The summed E-state index contributed by atoms with van der Waals surface area (Å²) in [5.41, 5.74) is -3.95. The van der Waals surface area contributed by atoms with Gasteiger partial charge in [0.2, 0.25) is 0 Å². The van der Waals surface area contributed by atoms with Gasteiger partial charge in [0.15, 0.2) is 0 Å².